The van der Waals surface area contributed by atoms with Gasteiger partial charge in [-0.05, 0) is 12.8 Å². The summed E-state index contributed by atoms with van der Waals surface area (Å²) in [6.07, 6.45) is -2.07. The van der Waals surface area contributed by atoms with E-state index in [1.807, 2.05) is 0 Å². The van der Waals surface area contributed by atoms with E-state index in [9.17, 15) is 29.3 Å². The number of aliphatic carboxylic acids is 2. The van der Waals surface area contributed by atoms with E-state index in [0.717, 1.165) is 0 Å². The topological polar surface area (TPSA) is 141 Å². The lowest BCUT2D eigenvalue weighted by Crippen LogP contribution is -2.35. The minimum Gasteiger partial charge on any atom is -0.779 e. The van der Waals surface area contributed by atoms with Crippen LogP contribution < -0.4 is 15.1 Å². The first-order valence-corrected chi connectivity index (χ1v) is 5.42. The number of carboxylic acid groups (broad SMARTS) is 2. The van der Waals surface area contributed by atoms with Crippen molar-refractivity contribution in [3.63, 3.8) is 0 Å². The van der Waals surface area contributed by atoms with Crippen molar-refractivity contribution in [3.05, 3.63) is 0 Å². The third-order valence-corrected chi connectivity index (χ3v) is 2.38. The Balaban J connectivity index is 4.24. The smallest absolute Gasteiger partial charge is 0.133 e. The Kier molecular flexibility index (Phi) is 4.76. The highest BCUT2D eigenvalue weighted by Gasteiger charge is 2.15. The van der Waals surface area contributed by atoms with Crippen molar-refractivity contribution in [3.8, 4) is 0 Å². The fraction of sp³-hybridized carbons (Fsp3) is 0.667. The summed E-state index contributed by atoms with van der Waals surface area (Å²) in [5.74, 6) is -4.73. The number of hydrogen-bond donors (Lipinski definition) is 1. The van der Waals surface area contributed by atoms with Crippen LogP contribution in [0.4, 0.5) is 0 Å². The molecule has 14 heavy (non-hydrogen) atoms. The normalized spacial score (nSPS) is 17.0. The summed E-state index contributed by atoms with van der Waals surface area (Å²) in [4.78, 5) is 38.9. The summed E-state index contributed by atoms with van der Waals surface area (Å²) in [5, 5.41) is 20.3. The van der Waals surface area contributed by atoms with Crippen molar-refractivity contribution < 1.29 is 34.2 Å². The Morgan fingerprint density at radius 3 is 2.14 bits per heavy atom. The first kappa shape index (κ1) is 13.1. The van der Waals surface area contributed by atoms with Crippen molar-refractivity contribution >= 4 is 19.5 Å². The molecule has 0 aromatic heterocycles. The summed E-state index contributed by atoms with van der Waals surface area (Å²) in [5.41, 5.74) is 0. The highest BCUT2D eigenvalue weighted by molar-refractivity contribution is 7.50. The summed E-state index contributed by atoms with van der Waals surface area (Å²) >= 11 is 0. The fourth-order valence-electron chi connectivity index (χ4n) is 0.854. The molecule has 0 aliphatic heterocycles. The lowest BCUT2D eigenvalue weighted by Gasteiger charge is -2.24. The molecular weight excluding hydrogens is 215 g/mol. The maximum Gasteiger partial charge on any atom is 0.133 e. The van der Waals surface area contributed by atoms with Crippen molar-refractivity contribution in [2.45, 2.75) is 12.8 Å². The highest BCUT2D eigenvalue weighted by Crippen LogP contribution is 2.33. The molecule has 0 amide bonds. The maximum atomic E-state index is 10.3. The number of carboxylic acids is 2. The minimum atomic E-state index is -4.72. The van der Waals surface area contributed by atoms with E-state index in [1.165, 1.54) is 0 Å². The molecule has 1 unspecified atom stereocenters. The van der Waals surface area contributed by atoms with Gasteiger partial charge in [0.25, 0.3) is 0 Å². The second-order valence-corrected chi connectivity index (χ2v) is 4.39. The molecule has 0 fully saturated rings. The van der Waals surface area contributed by atoms with Gasteiger partial charge in [0.05, 0.1) is 0 Å². The number of carbonyl (C=O) groups is 2. The highest BCUT2D eigenvalue weighted by atomic mass is 31.2. The van der Waals surface area contributed by atoms with Crippen LogP contribution in [0, 0.1) is 5.92 Å². The summed E-state index contributed by atoms with van der Waals surface area (Å²) in [7, 11) is -4.72. The van der Waals surface area contributed by atoms with Gasteiger partial charge in [0.1, 0.15) is 7.60 Å². The lowest BCUT2D eigenvalue weighted by molar-refractivity contribution is -0.312. The van der Waals surface area contributed by atoms with E-state index in [0.29, 0.717) is 0 Å². The fourth-order valence-corrected chi connectivity index (χ4v) is 1.74. The molecule has 0 spiro atoms. The summed E-state index contributed by atoms with van der Waals surface area (Å²) in [6, 6.07) is 0. The van der Waals surface area contributed by atoms with Crippen LogP contribution in [0.25, 0.3) is 0 Å². The Morgan fingerprint density at radius 2 is 1.86 bits per heavy atom. The molecule has 0 aliphatic carbocycles. The third kappa shape index (κ3) is 6.59. The standard InChI is InChI=1S/C6H11O7P/c7-5(8)2-1-4(6(9)10)3-14(11,12)13/h4H,1-3H2,(H,7,8)(H,9,10)(H2,11,12,13)/p-3/t4-/m1/s1. The minimum absolute atomic E-state index is 0.447. The van der Waals surface area contributed by atoms with Crippen molar-refractivity contribution in [1.29, 1.82) is 0 Å². The van der Waals surface area contributed by atoms with Gasteiger partial charge in [-0.3, -0.25) is 0 Å². The largest absolute Gasteiger partial charge is 0.779 e. The van der Waals surface area contributed by atoms with Gasteiger partial charge in [-0.1, -0.05) is 0 Å². The Bertz CT molecular complexity index is 267. The van der Waals surface area contributed by atoms with E-state index in [-0.39, 0.29) is 0 Å². The van der Waals surface area contributed by atoms with Crippen LogP contribution in [0.3, 0.4) is 0 Å². The summed E-state index contributed by atoms with van der Waals surface area (Å²) in [6.45, 7) is 0. The molecule has 0 radical (unpaired) electrons. The molecule has 0 aromatic rings. The van der Waals surface area contributed by atoms with Crippen molar-refractivity contribution in [2.75, 3.05) is 6.16 Å². The first-order valence-electron chi connectivity index (χ1n) is 3.66. The maximum absolute atomic E-state index is 10.3. The van der Waals surface area contributed by atoms with Crippen LogP contribution in [0.5, 0.6) is 0 Å². The number of rotatable bonds is 6. The van der Waals surface area contributed by atoms with Crippen LogP contribution in [-0.2, 0) is 14.2 Å². The molecule has 0 rings (SSSR count). The van der Waals surface area contributed by atoms with Gasteiger partial charge in [0.15, 0.2) is 0 Å². The quantitative estimate of drug-likeness (QED) is 0.459. The molecule has 0 heterocycles. The zero-order valence-corrected chi connectivity index (χ0v) is 7.94. The van der Waals surface area contributed by atoms with E-state index in [1.54, 1.807) is 0 Å². The van der Waals surface area contributed by atoms with E-state index in [2.05, 4.69) is 0 Å². The van der Waals surface area contributed by atoms with Crippen molar-refractivity contribution in [1.82, 2.24) is 0 Å². The van der Waals surface area contributed by atoms with Gasteiger partial charge in [-0.2, -0.15) is 0 Å². The molecule has 82 valence electrons. The van der Waals surface area contributed by atoms with Crippen LogP contribution in [0.1, 0.15) is 12.8 Å². The summed E-state index contributed by atoms with van der Waals surface area (Å²) < 4.78 is 10.3. The van der Waals surface area contributed by atoms with Gasteiger partial charge >= 0.3 is 0 Å². The Labute approximate surface area is 79.5 Å². The molecule has 7 nitrogen and oxygen atoms in total. The second-order valence-electron chi connectivity index (χ2n) is 2.75. The predicted octanol–water partition coefficient (Wildman–Crippen LogP) is -3.57. The van der Waals surface area contributed by atoms with Crippen molar-refractivity contribution in [2.24, 2.45) is 5.92 Å². The molecule has 0 aromatic carbocycles. The third-order valence-electron chi connectivity index (χ3n) is 1.48. The second kappa shape index (κ2) is 5.09. The Morgan fingerprint density at radius 1 is 1.36 bits per heavy atom. The molecular formula is C6H8O7P-3. The van der Waals surface area contributed by atoms with Gasteiger partial charge < -0.3 is 34.2 Å². The molecule has 2 atom stereocenters. The molecule has 8 heteroatoms. The lowest BCUT2D eigenvalue weighted by atomic mass is 10.1. The van der Waals surface area contributed by atoms with E-state index >= 15 is 0 Å². The Hall–Kier alpha value is -0.910. The van der Waals surface area contributed by atoms with Crippen LogP contribution >= 0.6 is 7.60 Å². The zero-order valence-electron chi connectivity index (χ0n) is 7.04. The van der Waals surface area contributed by atoms with Crippen LogP contribution in [0.15, 0.2) is 0 Å². The SMILES string of the molecule is O=C([O-])CC[C@H](CP(=O)([O-])O)C(=O)[O-]. The van der Waals surface area contributed by atoms with E-state index < -0.39 is 44.5 Å². The van der Waals surface area contributed by atoms with E-state index in [4.69, 9.17) is 4.89 Å². The van der Waals surface area contributed by atoms with Gasteiger partial charge in [-0.15, -0.1) is 0 Å². The van der Waals surface area contributed by atoms with Gasteiger partial charge in [0.2, 0.25) is 0 Å². The average molecular weight is 223 g/mol. The van der Waals surface area contributed by atoms with Gasteiger partial charge in [0, 0.05) is 24.0 Å². The predicted molar refractivity (Wildman–Crippen MR) is 37.4 cm³/mol. The molecule has 0 saturated carbocycles. The molecule has 1 N–H and O–H groups in total. The van der Waals surface area contributed by atoms with Crippen LogP contribution in [0.2, 0.25) is 0 Å². The first-order chi connectivity index (χ1) is 6.22. The van der Waals surface area contributed by atoms with Gasteiger partial charge in [-0.25, -0.2) is 0 Å². The zero-order chi connectivity index (χ0) is 11.4. The molecule has 0 bridgehead atoms. The number of carbonyl (C=O) groups excluding carboxylic acids is 2. The molecule has 0 saturated heterocycles. The van der Waals surface area contributed by atoms with Crippen LogP contribution in [-0.4, -0.2) is 23.0 Å². The average Bonchev–Trinajstić information content (AvgIpc) is 1.94. The number of hydrogen-bond acceptors (Lipinski definition) is 6. The monoisotopic (exact) mass is 223 g/mol. The molecule has 0 aliphatic rings.